The summed E-state index contributed by atoms with van der Waals surface area (Å²) in [6.07, 6.45) is -0.636. The average Bonchev–Trinajstić information content (AvgIpc) is 2.39. The molecule has 20 heavy (non-hydrogen) atoms. The molecule has 0 bridgehead atoms. The molecule has 1 aliphatic rings. The predicted molar refractivity (Wildman–Crippen MR) is 78.5 cm³/mol. The van der Waals surface area contributed by atoms with E-state index in [2.05, 4.69) is 15.9 Å². The Balaban J connectivity index is 1.97. The summed E-state index contributed by atoms with van der Waals surface area (Å²) in [5.74, 6) is 0.233. The maximum atomic E-state index is 13.1. The van der Waals surface area contributed by atoms with Crippen molar-refractivity contribution in [1.82, 2.24) is 0 Å². The Morgan fingerprint density at radius 2 is 2.00 bits per heavy atom. The summed E-state index contributed by atoms with van der Waals surface area (Å²) in [4.78, 5) is 0. The Bertz CT molecular complexity index is 662. The summed E-state index contributed by atoms with van der Waals surface area (Å²) in [6.45, 7) is 0. The van der Waals surface area contributed by atoms with E-state index in [-0.39, 0.29) is 11.9 Å². The van der Waals surface area contributed by atoms with Crippen molar-refractivity contribution in [2.45, 2.75) is 18.6 Å². The Labute approximate surface area is 129 Å². The molecular formula is C15H11BrClFO2. The number of ether oxygens (including phenoxy) is 1. The van der Waals surface area contributed by atoms with Crippen LogP contribution in [0, 0.1) is 5.82 Å². The van der Waals surface area contributed by atoms with Crippen LogP contribution in [0.5, 0.6) is 5.75 Å². The normalized spacial score (nSPS) is 21.2. The van der Waals surface area contributed by atoms with Gasteiger partial charge in [0.1, 0.15) is 17.7 Å². The Morgan fingerprint density at radius 1 is 1.20 bits per heavy atom. The number of aliphatic hydroxyl groups excluding tert-OH is 1. The fourth-order valence-corrected chi connectivity index (χ4v) is 3.04. The van der Waals surface area contributed by atoms with Crippen LogP contribution in [0.15, 0.2) is 40.9 Å². The molecule has 1 unspecified atom stereocenters. The molecule has 5 heteroatoms. The third kappa shape index (κ3) is 2.55. The Hall–Kier alpha value is -1.10. The monoisotopic (exact) mass is 356 g/mol. The lowest BCUT2D eigenvalue weighted by molar-refractivity contribution is 0.0657. The van der Waals surface area contributed by atoms with Gasteiger partial charge in [0.25, 0.3) is 0 Å². The number of hydrogen-bond donors (Lipinski definition) is 1. The van der Waals surface area contributed by atoms with Gasteiger partial charge in [-0.1, -0.05) is 33.6 Å². The zero-order valence-electron chi connectivity index (χ0n) is 10.3. The molecule has 0 saturated heterocycles. The quantitative estimate of drug-likeness (QED) is 0.794. The summed E-state index contributed by atoms with van der Waals surface area (Å²) in [7, 11) is 0. The number of rotatable bonds is 1. The SMILES string of the molecule is O[C@@H]1CC(c2ccc(F)cc2Cl)Oc2ccc(Br)cc21. The molecule has 2 aromatic carbocycles. The first-order valence-corrected chi connectivity index (χ1v) is 7.31. The Kier molecular flexibility index (Phi) is 3.71. The van der Waals surface area contributed by atoms with Crippen LogP contribution in [-0.4, -0.2) is 5.11 Å². The van der Waals surface area contributed by atoms with Gasteiger partial charge in [0.15, 0.2) is 0 Å². The number of fused-ring (bicyclic) bond motifs is 1. The summed E-state index contributed by atoms with van der Waals surface area (Å²) in [5.41, 5.74) is 1.43. The van der Waals surface area contributed by atoms with Gasteiger partial charge >= 0.3 is 0 Å². The summed E-state index contributed by atoms with van der Waals surface area (Å²) in [6, 6.07) is 9.67. The second-order valence-electron chi connectivity index (χ2n) is 4.71. The molecule has 0 saturated carbocycles. The summed E-state index contributed by atoms with van der Waals surface area (Å²) < 4.78 is 19.9. The van der Waals surface area contributed by atoms with Crippen LogP contribution >= 0.6 is 27.5 Å². The van der Waals surface area contributed by atoms with Gasteiger partial charge in [-0.25, -0.2) is 4.39 Å². The molecule has 2 nitrogen and oxygen atoms in total. The van der Waals surface area contributed by atoms with Crippen LogP contribution in [0.3, 0.4) is 0 Å². The van der Waals surface area contributed by atoms with Gasteiger partial charge in [-0.3, -0.25) is 0 Å². The van der Waals surface area contributed by atoms with Gasteiger partial charge < -0.3 is 9.84 Å². The van der Waals surface area contributed by atoms with E-state index in [0.717, 1.165) is 10.0 Å². The molecule has 0 radical (unpaired) electrons. The van der Waals surface area contributed by atoms with E-state index in [9.17, 15) is 9.50 Å². The highest BCUT2D eigenvalue weighted by molar-refractivity contribution is 9.10. The lowest BCUT2D eigenvalue weighted by Crippen LogP contribution is -2.19. The van der Waals surface area contributed by atoms with Crippen molar-refractivity contribution in [3.63, 3.8) is 0 Å². The highest BCUT2D eigenvalue weighted by Crippen LogP contribution is 2.43. The summed E-state index contributed by atoms with van der Waals surface area (Å²) in [5, 5.41) is 10.6. The van der Waals surface area contributed by atoms with Gasteiger partial charge in [0.2, 0.25) is 0 Å². The highest BCUT2D eigenvalue weighted by atomic mass is 79.9. The molecule has 1 aliphatic heterocycles. The fraction of sp³-hybridized carbons (Fsp3) is 0.200. The second kappa shape index (κ2) is 5.35. The predicted octanol–water partition coefficient (Wildman–Crippen LogP) is 4.80. The minimum absolute atomic E-state index is 0.308. The number of aliphatic hydroxyl groups is 1. The third-order valence-electron chi connectivity index (χ3n) is 3.35. The molecule has 1 heterocycles. The first-order valence-electron chi connectivity index (χ1n) is 6.13. The minimum Gasteiger partial charge on any atom is -0.485 e. The first kappa shape index (κ1) is 13.9. The van der Waals surface area contributed by atoms with E-state index in [1.54, 1.807) is 12.1 Å². The zero-order valence-corrected chi connectivity index (χ0v) is 12.7. The molecule has 1 N–H and O–H groups in total. The minimum atomic E-state index is -0.637. The van der Waals surface area contributed by atoms with Crippen LogP contribution in [0.4, 0.5) is 4.39 Å². The molecule has 0 aromatic heterocycles. The van der Waals surface area contributed by atoms with Gasteiger partial charge in [-0.15, -0.1) is 0 Å². The smallest absolute Gasteiger partial charge is 0.128 e. The molecule has 0 aliphatic carbocycles. The largest absolute Gasteiger partial charge is 0.485 e. The van der Waals surface area contributed by atoms with Crippen molar-refractivity contribution in [2.24, 2.45) is 0 Å². The topological polar surface area (TPSA) is 29.5 Å². The van der Waals surface area contributed by atoms with Gasteiger partial charge in [-0.2, -0.15) is 0 Å². The first-order chi connectivity index (χ1) is 9.54. The molecule has 2 aromatic rings. The third-order valence-corrected chi connectivity index (χ3v) is 4.17. The van der Waals surface area contributed by atoms with Gasteiger partial charge in [0, 0.05) is 22.0 Å². The van der Waals surface area contributed by atoms with E-state index in [0.29, 0.717) is 22.8 Å². The van der Waals surface area contributed by atoms with Crippen LogP contribution in [0.2, 0.25) is 5.02 Å². The maximum absolute atomic E-state index is 13.1. The molecule has 0 fully saturated rings. The van der Waals surface area contributed by atoms with E-state index in [1.165, 1.54) is 12.1 Å². The number of halogens is 3. The lowest BCUT2D eigenvalue weighted by Gasteiger charge is -2.30. The van der Waals surface area contributed by atoms with Crippen molar-refractivity contribution in [2.75, 3.05) is 0 Å². The zero-order chi connectivity index (χ0) is 14.3. The molecule has 2 atom stereocenters. The number of hydrogen-bond acceptors (Lipinski definition) is 2. The molecule has 0 amide bonds. The van der Waals surface area contributed by atoms with E-state index < -0.39 is 6.10 Å². The second-order valence-corrected chi connectivity index (χ2v) is 6.03. The van der Waals surface area contributed by atoms with Gasteiger partial charge in [-0.05, 0) is 30.3 Å². The van der Waals surface area contributed by atoms with Crippen LogP contribution in [0.1, 0.15) is 29.8 Å². The highest BCUT2D eigenvalue weighted by Gasteiger charge is 2.29. The molecule has 104 valence electrons. The molecule has 0 spiro atoms. The van der Waals surface area contributed by atoms with Crippen LogP contribution in [-0.2, 0) is 0 Å². The van der Waals surface area contributed by atoms with Crippen molar-refractivity contribution in [1.29, 1.82) is 0 Å². The standard InChI is InChI=1S/C15H11BrClFO2/c16-8-1-4-14-11(5-8)13(19)7-15(20-14)10-3-2-9(18)6-12(10)17/h1-6,13,15,19H,7H2/t13-,15?/m1/s1. The number of benzene rings is 2. The van der Waals surface area contributed by atoms with Crippen LogP contribution in [0.25, 0.3) is 0 Å². The van der Waals surface area contributed by atoms with E-state index >= 15 is 0 Å². The molecule has 3 rings (SSSR count). The van der Waals surface area contributed by atoms with Gasteiger partial charge in [0.05, 0.1) is 11.1 Å². The Morgan fingerprint density at radius 3 is 2.75 bits per heavy atom. The fourth-order valence-electron chi connectivity index (χ4n) is 2.37. The lowest BCUT2D eigenvalue weighted by atomic mass is 9.95. The van der Waals surface area contributed by atoms with E-state index in [4.69, 9.17) is 16.3 Å². The van der Waals surface area contributed by atoms with Crippen molar-refractivity contribution < 1.29 is 14.2 Å². The summed E-state index contributed by atoms with van der Waals surface area (Å²) >= 11 is 9.42. The van der Waals surface area contributed by atoms with E-state index in [1.807, 2.05) is 12.1 Å². The van der Waals surface area contributed by atoms with Crippen molar-refractivity contribution >= 4 is 27.5 Å². The van der Waals surface area contributed by atoms with Crippen molar-refractivity contribution in [3.8, 4) is 5.75 Å². The molecular weight excluding hydrogens is 347 g/mol. The van der Waals surface area contributed by atoms with Crippen molar-refractivity contribution in [3.05, 3.63) is 62.8 Å². The van der Waals surface area contributed by atoms with Crippen LogP contribution < -0.4 is 4.74 Å². The maximum Gasteiger partial charge on any atom is 0.128 e. The average molecular weight is 358 g/mol.